The number of hydrogen-bond acceptors (Lipinski definition) is 2. The lowest BCUT2D eigenvalue weighted by atomic mass is 10.1. The van der Waals surface area contributed by atoms with Gasteiger partial charge in [0.2, 0.25) is 0 Å². The minimum Gasteiger partial charge on any atom is -0.338 e. The first-order chi connectivity index (χ1) is 8.27. The van der Waals surface area contributed by atoms with Crippen molar-refractivity contribution in [2.24, 2.45) is 5.73 Å². The molecule has 7 heteroatoms. The van der Waals surface area contributed by atoms with Crippen LogP contribution in [-0.2, 0) is 6.18 Å². The topological polar surface area (TPSA) is 46.3 Å². The van der Waals surface area contributed by atoms with E-state index in [9.17, 15) is 18.0 Å². The first-order valence-electron chi connectivity index (χ1n) is 5.42. The third kappa shape index (κ3) is 4.40. The Morgan fingerprint density at radius 3 is 2.47 bits per heavy atom. The molecular weight excluding hydrogens is 281 g/mol. The number of alkyl halides is 3. The molecule has 0 aromatic heterocycles. The van der Waals surface area contributed by atoms with Gasteiger partial charge in [0.15, 0.2) is 0 Å². The van der Waals surface area contributed by atoms with Gasteiger partial charge in [-0.25, -0.2) is 0 Å². The Morgan fingerprint density at radius 1 is 1.42 bits per heavy atom. The van der Waals surface area contributed by atoms with Crippen molar-refractivity contribution < 1.29 is 18.0 Å². The summed E-state index contributed by atoms with van der Waals surface area (Å²) in [6.45, 7) is 1.98. The predicted molar refractivity (Wildman–Crippen MR) is 69.3 cm³/mol. The number of rotatable bonds is 3. The Labute approximate surface area is 116 Å². The van der Waals surface area contributed by atoms with Crippen LogP contribution in [0.1, 0.15) is 22.8 Å². The summed E-state index contributed by atoms with van der Waals surface area (Å²) in [6.07, 6.45) is -4.45. The molecule has 0 saturated heterocycles. The molecule has 0 aliphatic heterocycles. The van der Waals surface area contributed by atoms with Crippen molar-refractivity contribution in [2.45, 2.75) is 19.1 Å². The molecule has 0 aliphatic rings. The summed E-state index contributed by atoms with van der Waals surface area (Å²) in [5.74, 6) is -0.473. The highest BCUT2D eigenvalue weighted by atomic mass is 35.5. The van der Waals surface area contributed by atoms with E-state index in [1.807, 2.05) is 0 Å². The summed E-state index contributed by atoms with van der Waals surface area (Å²) >= 11 is 0. The van der Waals surface area contributed by atoms with Crippen molar-refractivity contribution in [1.82, 2.24) is 4.90 Å². The van der Waals surface area contributed by atoms with Gasteiger partial charge in [-0.1, -0.05) is 6.07 Å². The maximum absolute atomic E-state index is 12.5. The quantitative estimate of drug-likeness (QED) is 0.932. The van der Waals surface area contributed by atoms with Crippen LogP contribution in [0.2, 0.25) is 0 Å². The van der Waals surface area contributed by atoms with E-state index in [1.165, 1.54) is 24.1 Å². The molecule has 1 atom stereocenters. The van der Waals surface area contributed by atoms with Gasteiger partial charge in [-0.15, -0.1) is 12.4 Å². The van der Waals surface area contributed by atoms with E-state index in [1.54, 1.807) is 6.92 Å². The van der Waals surface area contributed by atoms with Crippen LogP contribution in [0.3, 0.4) is 0 Å². The zero-order valence-corrected chi connectivity index (χ0v) is 11.4. The zero-order chi connectivity index (χ0) is 13.9. The monoisotopic (exact) mass is 296 g/mol. The van der Waals surface area contributed by atoms with Gasteiger partial charge in [0, 0.05) is 25.2 Å². The molecule has 0 heterocycles. The SMILES string of the molecule is CC(CN)N(C)C(=O)c1cccc(C(F)(F)F)c1.Cl. The Balaban J connectivity index is 0.00000324. The van der Waals surface area contributed by atoms with Crippen molar-refractivity contribution in [2.75, 3.05) is 13.6 Å². The number of amides is 1. The Hall–Kier alpha value is -1.27. The van der Waals surface area contributed by atoms with E-state index < -0.39 is 17.6 Å². The van der Waals surface area contributed by atoms with Gasteiger partial charge in [-0.2, -0.15) is 13.2 Å². The molecule has 0 aliphatic carbocycles. The van der Waals surface area contributed by atoms with Crippen molar-refractivity contribution in [3.63, 3.8) is 0 Å². The fourth-order valence-corrected chi connectivity index (χ4v) is 1.39. The maximum atomic E-state index is 12.5. The minimum absolute atomic E-state index is 0. The molecule has 1 amide bonds. The van der Waals surface area contributed by atoms with Crippen LogP contribution in [-0.4, -0.2) is 30.4 Å². The van der Waals surface area contributed by atoms with Crippen molar-refractivity contribution in [3.8, 4) is 0 Å². The zero-order valence-electron chi connectivity index (χ0n) is 10.6. The normalized spacial score (nSPS) is 12.5. The highest BCUT2D eigenvalue weighted by molar-refractivity contribution is 5.94. The summed E-state index contributed by atoms with van der Waals surface area (Å²) in [5.41, 5.74) is 4.59. The number of benzene rings is 1. The average molecular weight is 297 g/mol. The fourth-order valence-electron chi connectivity index (χ4n) is 1.39. The number of nitrogens with zero attached hydrogens (tertiary/aromatic N) is 1. The van der Waals surface area contributed by atoms with Gasteiger partial charge >= 0.3 is 6.18 Å². The van der Waals surface area contributed by atoms with Gasteiger partial charge in [-0.05, 0) is 25.1 Å². The molecule has 0 fully saturated rings. The molecule has 1 aromatic carbocycles. The summed E-state index contributed by atoms with van der Waals surface area (Å²) in [7, 11) is 1.51. The van der Waals surface area contributed by atoms with Crippen molar-refractivity contribution in [1.29, 1.82) is 0 Å². The van der Waals surface area contributed by atoms with Crippen LogP contribution < -0.4 is 5.73 Å². The third-order valence-corrected chi connectivity index (χ3v) is 2.76. The lowest BCUT2D eigenvalue weighted by molar-refractivity contribution is -0.137. The number of carbonyl (C=O) groups excluding carboxylic acids is 1. The van der Waals surface area contributed by atoms with E-state index in [0.717, 1.165) is 12.1 Å². The highest BCUT2D eigenvalue weighted by Crippen LogP contribution is 2.29. The van der Waals surface area contributed by atoms with Crippen LogP contribution in [0, 0.1) is 0 Å². The first-order valence-corrected chi connectivity index (χ1v) is 5.42. The second-order valence-electron chi connectivity index (χ2n) is 4.08. The highest BCUT2D eigenvalue weighted by Gasteiger charge is 2.31. The fraction of sp³-hybridized carbons (Fsp3) is 0.417. The van der Waals surface area contributed by atoms with E-state index >= 15 is 0 Å². The smallest absolute Gasteiger partial charge is 0.338 e. The number of likely N-dealkylation sites (N-methyl/N-ethyl adjacent to an activating group) is 1. The molecule has 1 unspecified atom stereocenters. The molecular formula is C12H16ClF3N2O. The number of carbonyl (C=O) groups is 1. The van der Waals surface area contributed by atoms with Crippen molar-refractivity contribution in [3.05, 3.63) is 35.4 Å². The van der Waals surface area contributed by atoms with Crippen LogP contribution >= 0.6 is 12.4 Å². The largest absolute Gasteiger partial charge is 0.416 e. The van der Waals surface area contributed by atoms with Gasteiger partial charge < -0.3 is 10.6 Å². The molecule has 19 heavy (non-hydrogen) atoms. The standard InChI is InChI=1S/C12H15F3N2O.ClH/c1-8(7-16)17(2)11(18)9-4-3-5-10(6-9)12(13,14)15;/h3-6,8H,7,16H2,1-2H3;1H. The summed E-state index contributed by atoms with van der Waals surface area (Å²) in [5, 5.41) is 0. The van der Waals surface area contributed by atoms with Crippen LogP contribution in [0.15, 0.2) is 24.3 Å². The minimum atomic E-state index is -4.45. The molecule has 1 rings (SSSR count). The maximum Gasteiger partial charge on any atom is 0.416 e. The van der Waals surface area contributed by atoms with Crippen LogP contribution in [0.4, 0.5) is 13.2 Å². The molecule has 0 spiro atoms. The lowest BCUT2D eigenvalue weighted by Gasteiger charge is -2.24. The molecule has 108 valence electrons. The lowest BCUT2D eigenvalue weighted by Crippen LogP contribution is -2.39. The Morgan fingerprint density at radius 2 is 2.00 bits per heavy atom. The first kappa shape index (κ1) is 17.7. The second kappa shape index (κ2) is 6.77. The number of hydrogen-bond donors (Lipinski definition) is 1. The molecule has 0 saturated carbocycles. The van der Waals surface area contributed by atoms with Crippen LogP contribution in [0.5, 0.6) is 0 Å². The van der Waals surface area contributed by atoms with Gasteiger partial charge in [0.25, 0.3) is 5.91 Å². The van der Waals surface area contributed by atoms with E-state index in [2.05, 4.69) is 0 Å². The van der Waals surface area contributed by atoms with Crippen LogP contribution in [0.25, 0.3) is 0 Å². The second-order valence-corrected chi connectivity index (χ2v) is 4.08. The van der Waals surface area contributed by atoms with Gasteiger partial charge in [0.1, 0.15) is 0 Å². The number of halogens is 4. The summed E-state index contributed by atoms with van der Waals surface area (Å²) < 4.78 is 37.5. The van der Waals surface area contributed by atoms with E-state index in [-0.39, 0.29) is 30.6 Å². The Kier molecular flexibility index (Phi) is 6.32. The van der Waals surface area contributed by atoms with Gasteiger partial charge in [0.05, 0.1) is 5.56 Å². The summed E-state index contributed by atoms with van der Waals surface area (Å²) in [6, 6.07) is 4.13. The predicted octanol–water partition coefficient (Wildman–Crippen LogP) is 2.55. The third-order valence-electron chi connectivity index (χ3n) is 2.76. The summed E-state index contributed by atoms with van der Waals surface area (Å²) in [4.78, 5) is 13.3. The number of nitrogens with two attached hydrogens (primary N) is 1. The van der Waals surface area contributed by atoms with Gasteiger partial charge in [-0.3, -0.25) is 4.79 Å². The van der Waals surface area contributed by atoms with E-state index in [0.29, 0.717) is 0 Å². The molecule has 0 radical (unpaired) electrons. The average Bonchev–Trinajstić information content (AvgIpc) is 2.35. The molecule has 2 N–H and O–H groups in total. The van der Waals surface area contributed by atoms with E-state index in [4.69, 9.17) is 5.73 Å². The molecule has 0 bridgehead atoms. The van der Waals surface area contributed by atoms with Crippen molar-refractivity contribution >= 4 is 18.3 Å². The molecule has 3 nitrogen and oxygen atoms in total. The molecule has 1 aromatic rings. The Bertz CT molecular complexity index is 437.